The van der Waals surface area contributed by atoms with Crippen molar-refractivity contribution in [2.75, 3.05) is 11.9 Å². The molecule has 9 heteroatoms. The number of fused-ring (bicyclic) bond motifs is 9. The zero-order valence-corrected chi connectivity index (χ0v) is 26.5. The van der Waals surface area contributed by atoms with Crippen LogP contribution in [0.1, 0.15) is 109 Å². The maximum absolute atomic E-state index is 14.1. The second kappa shape index (κ2) is 10.8. The zero-order valence-electron chi connectivity index (χ0n) is 26.5. The average Bonchev–Trinajstić information content (AvgIpc) is 3.13. The summed E-state index contributed by atoms with van der Waals surface area (Å²) in [5.41, 5.74) is 6.86. The highest BCUT2D eigenvalue weighted by Crippen LogP contribution is 2.57. The molecular formula is C36H41N3O6. The number of carbonyl (C=O) groups excluding carboxylic acids is 4. The number of nitrogens with two attached hydrogens (primary N) is 1. The molecule has 1 fully saturated rings. The number of hydrogen-bond acceptors (Lipinski definition) is 8. The second-order valence-electron chi connectivity index (χ2n) is 13.9. The van der Waals surface area contributed by atoms with Crippen molar-refractivity contribution in [2.24, 2.45) is 5.73 Å². The van der Waals surface area contributed by atoms with Crippen molar-refractivity contribution in [3.05, 3.63) is 75.8 Å². The highest BCUT2D eigenvalue weighted by atomic mass is 16.6. The third-order valence-corrected chi connectivity index (χ3v) is 9.90. The van der Waals surface area contributed by atoms with Crippen LogP contribution in [0.15, 0.2) is 42.5 Å². The number of aryl methyl sites for hydroxylation is 1. The third kappa shape index (κ3) is 5.12. The first-order valence-electron chi connectivity index (χ1n) is 15.7. The molecule has 2 aliphatic carbocycles. The van der Waals surface area contributed by atoms with Crippen LogP contribution in [0.3, 0.4) is 0 Å². The van der Waals surface area contributed by atoms with Crippen LogP contribution in [-0.2, 0) is 14.3 Å². The number of ketones is 2. The van der Waals surface area contributed by atoms with Gasteiger partial charge in [-0.05, 0) is 69.0 Å². The number of aliphatic hydroxyl groups is 1. The normalized spacial score (nSPS) is 25.9. The lowest BCUT2D eigenvalue weighted by Crippen LogP contribution is -2.52. The van der Waals surface area contributed by atoms with Gasteiger partial charge in [-0.2, -0.15) is 0 Å². The van der Waals surface area contributed by atoms with Crippen LogP contribution in [0.4, 0.5) is 5.69 Å². The number of nitrogens with one attached hydrogen (secondary N) is 2. The van der Waals surface area contributed by atoms with Gasteiger partial charge in [-0.3, -0.25) is 19.2 Å². The topological polar surface area (TPSA) is 148 Å². The maximum Gasteiger partial charge on any atom is 0.306 e. The first-order chi connectivity index (χ1) is 21.2. The molecule has 0 radical (unpaired) electrons. The summed E-state index contributed by atoms with van der Waals surface area (Å²) in [6.45, 7) is 9.67. The van der Waals surface area contributed by atoms with Gasteiger partial charge < -0.3 is 26.2 Å². The molecule has 1 amide bonds. The van der Waals surface area contributed by atoms with Gasteiger partial charge in [-0.1, -0.05) is 49.2 Å². The molecule has 45 heavy (non-hydrogen) atoms. The molecule has 3 aromatic rings. The van der Waals surface area contributed by atoms with E-state index in [0.717, 1.165) is 29.2 Å². The minimum absolute atomic E-state index is 0.0680. The van der Waals surface area contributed by atoms with Crippen LogP contribution < -0.4 is 16.4 Å². The van der Waals surface area contributed by atoms with E-state index in [1.807, 2.05) is 52.0 Å². The van der Waals surface area contributed by atoms with Crippen LogP contribution in [0.2, 0.25) is 0 Å². The Labute approximate surface area is 262 Å². The van der Waals surface area contributed by atoms with Crippen molar-refractivity contribution < 1.29 is 29.0 Å². The van der Waals surface area contributed by atoms with Gasteiger partial charge in [0.15, 0.2) is 17.7 Å². The molecule has 3 aliphatic rings. The lowest BCUT2D eigenvalue weighted by Gasteiger charge is -2.38. The quantitative estimate of drug-likeness (QED) is 0.210. The Hall–Kier alpha value is -4.08. The number of hydrogen-bond donors (Lipinski definition) is 4. The van der Waals surface area contributed by atoms with Crippen molar-refractivity contribution >= 4 is 39.9 Å². The van der Waals surface area contributed by atoms with E-state index < -0.39 is 34.7 Å². The number of rotatable bonds is 8. The summed E-state index contributed by atoms with van der Waals surface area (Å²) in [6.07, 6.45) is 0.896. The zero-order chi connectivity index (χ0) is 32.5. The molecule has 1 aliphatic heterocycles. The summed E-state index contributed by atoms with van der Waals surface area (Å²) in [7, 11) is 0. The molecule has 6 rings (SSSR count). The number of benzene rings is 3. The molecule has 0 saturated heterocycles. The Morgan fingerprint density at radius 1 is 1.07 bits per heavy atom. The molecule has 1 saturated carbocycles. The highest BCUT2D eigenvalue weighted by Gasteiger charge is 2.63. The molecule has 5 N–H and O–H groups in total. The van der Waals surface area contributed by atoms with E-state index in [1.54, 1.807) is 25.1 Å². The van der Waals surface area contributed by atoms with Crippen molar-refractivity contribution in [1.29, 1.82) is 0 Å². The first-order valence-corrected chi connectivity index (χ1v) is 15.7. The van der Waals surface area contributed by atoms with E-state index in [2.05, 4.69) is 10.6 Å². The van der Waals surface area contributed by atoms with E-state index in [9.17, 15) is 24.3 Å². The Kier molecular flexibility index (Phi) is 7.40. The fourth-order valence-electron chi connectivity index (χ4n) is 7.72. The largest absolute Gasteiger partial charge is 0.457 e. The van der Waals surface area contributed by atoms with Gasteiger partial charge in [0.2, 0.25) is 5.91 Å². The van der Waals surface area contributed by atoms with Crippen LogP contribution >= 0.6 is 0 Å². The van der Waals surface area contributed by atoms with Gasteiger partial charge in [-0.15, -0.1) is 0 Å². The van der Waals surface area contributed by atoms with Crippen LogP contribution in [0, 0.1) is 6.92 Å². The van der Waals surface area contributed by atoms with E-state index in [4.69, 9.17) is 10.5 Å². The van der Waals surface area contributed by atoms with Crippen LogP contribution in [0.5, 0.6) is 0 Å². The number of ether oxygens (including phenoxy) is 1. The predicted molar refractivity (Wildman–Crippen MR) is 172 cm³/mol. The lowest BCUT2D eigenvalue weighted by molar-refractivity contribution is -0.165. The molecule has 0 aromatic heterocycles. The monoisotopic (exact) mass is 611 g/mol. The fourth-order valence-corrected chi connectivity index (χ4v) is 7.72. The van der Waals surface area contributed by atoms with Gasteiger partial charge in [-0.25, -0.2) is 0 Å². The molecule has 236 valence electrons. The average molecular weight is 612 g/mol. The maximum atomic E-state index is 14.1. The summed E-state index contributed by atoms with van der Waals surface area (Å²) in [5, 5.41) is 19.7. The highest BCUT2D eigenvalue weighted by molar-refractivity contribution is 6.33. The SMILES string of the molecule is CCCC(C)(N)CNC(=O)CCC(=O)OC1C2(C)CC(c3ccc4c(c3N2)C(=O)c2ccc3cc(C)ccc3c2C4=O)C1(C)O. The van der Waals surface area contributed by atoms with Crippen molar-refractivity contribution in [3.8, 4) is 0 Å². The first kappa shape index (κ1) is 30.9. The second-order valence-corrected chi connectivity index (χ2v) is 13.9. The molecule has 2 bridgehead atoms. The number of amides is 1. The van der Waals surface area contributed by atoms with E-state index in [0.29, 0.717) is 40.9 Å². The molecular weight excluding hydrogens is 570 g/mol. The Morgan fingerprint density at radius 2 is 1.76 bits per heavy atom. The number of anilines is 1. The van der Waals surface area contributed by atoms with Gasteiger partial charge >= 0.3 is 5.97 Å². The Morgan fingerprint density at radius 3 is 2.49 bits per heavy atom. The van der Waals surface area contributed by atoms with Crippen molar-refractivity contribution in [3.63, 3.8) is 0 Å². The van der Waals surface area contributed by atoms with E-state index in [-0.39, 0.29) is 35.9 Å². The lowest BCUT2D eigenvalue weighted by atomic mass is 9.76. The molecule has 9 nitrogen and oxygen atoms in total. The van der Waals surface area contributed by atoms with E-state index >= 15 is 0 Å². The number of esters is 1. The molecule has 0 spiro atoms. The van der Waals surface area contributed by atoms with E-state index in [1.165, 1.54) is 0 Å². The number of carbonyl (C=O) groups is 4. The molecule has 5 unspecified atom stereocenters. The van der Waals surface area contributed by atoms with Gasteiger partial charge in [0.05, 0.1) is 23.2 Å². The Balaban J connectivity index is 1.25. The van der Waals surface area contributed by atoms with Gasteiger partial charge in [0.25, 0.3) is 0 Å². The summed E-state index contributed by atoms with van der Waals surface area (Å²) in [6, 6.07) is 12.9. The summed E-state index contributed by atoms with van der Waals surface area (Å²) in [5.74, 6) is -1.85. The standard InChI is InChI=1S/C36H41N3O6/c1-6-15-34(3,37)18-38-26(40)13-14-27(41)45-33-35(4)17-25(36(33,5)44)22-11-12-24-29(30(22)39-35)32(43)23-10-8-20-16-19(2)7-9-21(20)28(23)31(24)42/h7-12,16,25,33,39,44H,6,13-15,17-18,37H2,1-5H3,(H,38,40). The smallest absolute Gasteiger partial charge is 0.306 e. The minimum Gasteiger partial charge on any atom is -0.457 e. The minimum atomic E-state index is -1.48. The fraction of sp³-hybridized carbons (Fsp3) is 0.444. The Bertz CT molecular complexity index is 1780. The van der Waals surface area contributed by atoms with Crippen LogP contribution in [0.25, 0.3) is 10.8 Å². The van der Waals surface area contributed by atoms with Crippen LogP contribution in [-0.4, -0.2) is 57.9 Å². The predicted octanol–water partition coefficient (Wildman–Crippen LogP) is 4.67. The molecule has 3 aromatic carbocycles. The third-order valence-electron chi connectivity index (χ3n) is 9.90. The van der Waals surface area contributed by atoms with Gasteiger partial charge in [0.1, 0.15) is 5.60 Å². The van der Waals surface area contributed by atoms with Crippen molar-refractivity contribution in [2.45, 2.75) is 95.4 Å². The molecule has 1 heterocycles. The van der Waals surface area contributed by atoms with Gasteiger partial charge in [0, 0.05) is 41.1 Å². The summed E-state index contributed by atoms with van der Waals surface area (Å²) in [4.78, 5) is 53.5. The van der Waals surface area contributed by atoms with Crippen molar-refractivity contribution in [1.82, 2.24) is 5.32 Å². The summed E-state index contributed by atoms with van der Waals surface area (Å²) >= 11 is 0. The summed E-state index contributed by atoms with van der Waals surface area (Å²) < 4.78 is 5.91. The molecule has 5 atom stereocenters.